The van der Waals surface area contributed by atoms with Crippen LogP contribution in [-0.4, -0.2) is 27.7 Å². The fourth-order valence-corrected chi connectivity index (χ4v) is 4.32. The van der Waals surface area contributed by atoms with Crippen molar-refractivity contribution in [1.29, 1.82) is 0 Å². The van der Waals surface area contributed by atoms with Gasteiger partial charge in [-0.15, -0.1) is 0 Å². The van der Waals surface area contributed by atoms with Crippen LogP contribution in [0.15, 0.2) is 60.7 Å². The average Bonchev–Trinajstić information content (AvgIpc) is 2.73. The molecule has 0 spiro atoms. The molecule has 0 heterocycles. The van der Waals surface area contributed by atoms with E-state index in [1.807, 2.05) is 0 Å². The van der Waals surface area contributed by atoms with Crippen LogP contribution in [0.2, 0.25) is 10.0 Å². The summed E-state index contributed by atoms with van der Waals surface area (Å²) in [6, 6.07) is 14.4. The highest BCUT2D eigenvalue weighted by Crippen LogP contribution is 2.29. The van der Waals surface area contributed by atoms with E-state index in [2.05, 4.69) is 5.32 Å². The number of amides is 1. The molecule has 0 bridgehead atoms. The number of rotatable bonds is 7. The lowest BCUT2D eigenvalue weighted by Gasteiger charge is -2.24. The average molecular weight is 497 g/mol. The van der Waals surface area contributed by atoms with E-state index < -0.39 is 21.7 Å². The summed E-state index contributed by atoms with van der Waals surface area (Å²) in [6.45, 7) is -0.129. The van der Waals surface area contributed by atoms with Gasteiger partial charge in [-0.2, -0.15) is 0 Å². The third-order valence-corrected chi connectivity index (χ3v) is 6.24. The van der Waals surface area contributed by atoms with E-state index >= 15 is 0 Å². The van der Waals surface area contributed by atoms with Crippen molar-refractivity contribution in [2.45, 2.75) is 6.54 Å². The minimum Gasteiger partial charge on any atom is -0.496 e. The van der Waals surface area contributed by atoms with Crippen molar-refractivity contribution in [3.8, 4) is 5.75 Å². The number of halogens is 3. The zero-order valence-corrected chi connectivity index (χ0v) is 19.4. The smallest absolute Gasteiger partial charge is 0.255 e. The Labute approximate surface area is 195 Å². The molecule has 0 atom stereocenters. The van der Waals surface area contributed by atoms with E-state index in [1.165, 1.54) is 43.5 Å². The second kappa shape index (κ2) is 9.77. The second-order valence-electron chi connectivity index (χ2n) is 6.85. The molecule has 3 aromatic rings. The van der Waals surface area contributed by atoms with Gasteiger partial charge in [0.1, 0.15) is 11.6 Å². The Balaban J connectivity index is 1.94. The molecule has 1 amide bonds. The van der Waals surface area contributed by atoms with E-state index in [-0.39, 0.29) is 22.8 Å². The van der Waals surface area contributed by atoms with Gasteiger partial charge in [0, 0.05) is 16.1 Å². The van der Waals surface area contributed by atoms with Gasteiger partial charge >= 0.3 is 0 Å². The van der Waals surface area contributed by atoms with E-state index in [0.29, 0.717) is 22.0 Å². The molecule has 0 aliphatic heterocycles. The van der Waals surface area contributed by atoms with Crippen LogP contribution in [0.1, 0.15) is 15.9 Å². The molecular weight excluding hydrogens is 478 g/mol. The van der Waals surface area contributed by atoms with E-state index in [1.54, 1.807) is 24.3 Å². The first-order chi connectivity index (χ1) is 15.1. The lowest BCUT2D eigenvalue weighted by molar-refractivity contribution is 0.102. The highest BCUT2D eigenvalue weighted by atomic mass is 35.5. The van der Waals surface area contributed by atoms with Gasteiger partial charge in [0.05, 0.1) is 36.3 Å². The third-order valence-electron chi connectivity index (χ3n) is 4.55. The molecule has 0 unspecified atom stereocenters. The topological polar surface area (TPSA) is 75.7 Å². The van der Waals surface area contributed by atoms with E-state index in [9.17, 15) is 17.6 Å². The van der Waals surface area contributed by atoms with E-state index in [0.717, 1.165) is 10.6 Å². The Bertz CT molecular complexity index is 1250. The number of nitrogens with one attached hydrogen (secondary N) is 1. The molecule has 0 saturated carbocycles. The molecule has 0 fully saturated rings. The van der Waals surface area contributed by atoms with Crippen molar-refractivity contribution in [3.05, 3.63) is 87.7 Å². The Kier molecular flexibility index (Phi) is 7.28. The summed E-state index contributed by atoms with van der Waals surface area (Å²) in [5.74, 6) is -0.549. The monoisotopic (exact) mass is 496 g/mol. The van der Waals surface area contributed by atoms with Gasteiger partial charge < -0.3 is 10.1 Å². The molecular formula is C22H19Cl2FN2O4S. The molecule has 6 nitrogen and oxygen atoms in total. The van der Waals surface area contributed by atoms with Crippen LogP contribution in [0, 0.1) is 5.82 Å². The number of ether oxygens (including phenoxy) is 1. The quantitative estimate of drug-likeness (QED) is 0.477. The number of carbonyl (C=O) groups excluding carboxylic acids is 1. The number of methoxy groups -OCH3 is 1. The highest BCUT2D eigenvalue weighted by Gasteiger charge is 2.21. The maximum absolute atomic E-state index is 13.3. The van der Waals surface area contributed by atoms with Crippen LogP contribution in [0.25, 0.3) is 0 Å². The Morgan fingerprint density at radius 2 is 1.75 bits per heavy atom. The van der Waals surface area contributed by atoms with Gasteiger partial charge in [0.2, 0.25) is 10.0 Å². The van der Waals surface area contributed by atoms with Gasteiger partial charge in [-0.25, -0.2) is 12.8 Å². The molecule has 0 radical (unpaired) electrons. The second-order valence-corrected chi connectivity index (χ2v) is 9.60. The molecule has 32 heavy (non-hydrogen) atoms. The molecule has 3 aromatic carbocycles. The van der Waals surface area contributed by atoms with Crippen molar-refractivity contribution in [2.75, 3.05) is 23.0 Å². The van der Waals surface area contributed by atoms with Crippen LogP contribution in [0.4, 0.5) is 15.8 Å². The van der Waals surface area contributed by atoms with Gasteiger partial charge in [-0.1, -0.05) is 23.2 Å². The summed E-state index contributed by atoms with van der Waals surface area (Å²) < 4.78 is 44.6. The van der Waals surface area contributed by atoms with Crippen LogP contribution < -0.4 is 14.4 Å². The van der Waals surface area contributed by atoms with Crippen molar-refractivity contribution in [3.63, 3.8) is 0 Å². The first kappa shape index (κ1) is 23.8. The lowest BCUT2D eigenvalue weighted by atomic mass is 10.1. The molecule has 168 valence electrons. The van der Waals surface area contributed by atoms with Gasteiger partial charge in [-0.3, -0.25) is 9.10 Å². The van der Waals surface area contributed by atoms with Crippen molar-refractivity contribution >= 4 is 50.5 Å². The number of sulfonamides is 1. The summed E-state index contributed by atoms with van der Waals surface area (Å²) in [6.07, 6.45) is 1.04. The number of nitrogens with zero attached hydrogens (tertiary/aromatic N) is 1. The summed E-state index contributed by atoms with van der Waals surface area (Å²) >= 11 is 12.0. The first-order valence-corrected chi connectivity index (χ1v) is 11.9. The predicted octanol–water partition coefficient (Wildman–Crippen LogP) is 5.36. The van der Waals surface area contributed by atoms with Crippen molar-refractivity contribution in [2.24, 2.45) is 0 Å². The first-order valence-electron chi connectivity index (χ1n) is 9.25. The van der Waals surface area contributed by atoms with Gasteiger partial charge in [-0.05, 0) is 60.7 Å². The molecule has 1 N–H and O–H groups in total. The molecule has 0 aliphatic rings. The number of hydrogen-bond donors (Lipinski definition) is 1. The summed E-state index contributed by atoms with van der Waals surface area (Å²) in [5.41, 5.74) is 1.36. The number of benzene rings is 3. The molecule has 10 heteroatoms. The normalized spacial score (nSPS) is 11.2. The van der Waals surface area contributed by atoms with Crippen molar-refractivity contribution in [1.82, 2.24) is 0 Å². The van der Waals surface area contributed by atoms with Crippen LogP contribution >= 0.6 is 23.2 Å². The van der Waals surface area contributed by atoms with Gasteiger partial charge in [0.15, 0.2) is 0 Å². The predicted molar refractivity (Wildman–Crippen MR) is 125 cm³/mol. The molecule has 3 rings (SSSR count). The van der Waals surface area contributed by atoms with Crippen LogP contribution in [-0.2, 0) is 16.6 Å². The van der Waals surface area contributed by atoms with E-state index in [4.69, 9.17) is 27.9 Å². The zero-order valence-electron chi connectivity index (χ0n) is 17.1. The minimum atomic E-state index is -3.72. The summed E-state index contributed by atoms with van der Waals surface area (Å²) in [7, 11) is -2.28. The number of anilines is 2. The SMILES string of the molecule is COc1ccc(C(=O)Nc2ccc(Cl)cc2Cl)cc1CN(c1ccc(F)cc1)S(C)(=O)=O. The Morgan fingerprint density at radius 3 is 2.34 bits per heavy atom. The van der Waals surface area contributed by atoms with Crippen LogP contribution in [0.3, 0.4) is 0 Å². The Morgan fingerprint density at radius 1 is 1.06 bits per heavy atom. The zero-order chi connectivity index (χ0) is 23.5. The van der Waals surface area contributed by atoms with Gasteiger partial charge in [0.25, 0.3) is 5.91 Å². The summed E-state index contributed by atoms with van der Waals surface area (Å²) in [4.78, 5) is 12.8. The molecule has 0 aromatic heterocycles. The largest absolute Gasteiger partial charge is 0.496 e. The maximum atomic E-state index is 13.3. The van der Waals surface area contributed by atoms with Crippen LogP contribution in [0.5, 0.6) is 5.75 Å². The summed E-state index contributed by atoms with van der Waals surface area (Å²) in [5, 5.41) is 3.40. The number of hydrogen-bond acceptors (Lipinski definition) is 4. The number of carbonyl (C=O) groups is 1. The minimum absolute atomic E-state index is 0.129. The van der Waals surface area contributed by atoms with Crippen molar-refractivity contribution < 1.29 is 22.3 Å². The molecule has 0 aliphatic carbocycles. The highest BCUT2D eigenvalue weighted by molar-refractivity contribution is 7.92. The Hall–Kier alpha value is -2.81. The maximum Gasteiger partial charge on any atom is 0.255 e. The third kappa shape index (κ3) is 5.70. The standard InChI is InChI=1S/C22H19Cl2FN2O4S/c1-31-21-10-3-14(22(28)26-20-9-4-16(23)12-19(20)24)11-15(21)13-27(32(2,29)30)18-7-5-17(25)6-8-18/h3-12H,13H2,1-2H3,(H,26,28). The fourth-order valence-electron chi connectivity index (χ4n) is 2.99. The lowest BCUT2D eigenvalue weighted by Crippen LogP contribution is -2.29. The fraction of sp³-hybridized carbons (Fsp3) is 0.136. The molecule has 0 saturated heterocycles.